The quantitative estimate of drug-likeness (QED) is 0.179. The number of ether oxygens (including phenoxy) is 3. The molecule has 4 rings (SSSR count). The zero-order valence-corrected chi connectivity index (χ0v) is 27.1. The number of rotatable bonds is 14. The minimum absolute atomic E-state index is 0.0215. The van der Waals surface area contributed by atoms with Gasteiger partial charge in [-0.25, -0.2) is 9.97 Å². The molecular formula is C34H48N2O4Si. The molecule has 7 heteroatoms. The van der Waals surface area contributed by atoms with E-state index in [4.69, 9.17) is 23.6 Å². The fourth-order valence-electron chi connectivity index (χ4n) is 6.86. The Bertz CT molecular complexity index is 1220. The van der Waals surface area contributed by atoms with E-state index in [0.29, 0.717) is 41.6 Å². The summed E-state index contributed by atoms with van der Waals surface area (Å²) in [5, 5.41) is 0. The van der Waals surface area contributed by atoms with Crippen LogP contribution >= 0.6 is 0 Å². The number of benzene rings is 1. The lowest BCUT2D eigenvalue weighted by atomic mass is 9.98. The Labute approximate surface area is 248 Å². The van der Waals surface area contributed by atoms with Gasteiger partial charge < -0.3 is 18.6 Å². The van der Waals surface area contributed by atoms with Gasteiger partial charge >= 0.3 is 0 Å². The predicted octanol–water partition coefficient (Wildman–Crippen LogP) is 8.88. The smallest absolute Gasteiger partial charge is 0.213 e. The van der Waals surface area contributed by atoms with Crippen molar-refractivity contribution in [2.45, 2.75) is 96.6 Å². The van der Waals surface area contributed by atoms with Crippen LogP contribution in [0.3, 0.4) is 0 Å². The lowest BCUT2D eigenvalue weighted by Gasteiger charge is -2.42. The van der Waals surface area contributed by atoms with Gasteiger partial charge in [0.25, 0.3) is 0 Å². The molecule has 1 aromatic carbocycles. The first-order chi connectivity index (χ1) is 19.7. The molecule has 0 aliphatic heterocycles. The van der Waals surface area contributed by atoms with Crippen LogP contribution in [0.5, 0.6) is 11.8 Å². The summed E-state index contributed by atoms with van der Waals surface area (Å²) in [6.07, 6.45) is 6.41. The number of aromatic nitrogens is 2. The molecule has 41 heavy (non-hydrogen) atoms. The summed E-state index contributed by atoms with van der Waals surface area (Å²) in [6.45, 7) is 17.4. The Morgan fingerprint density at radius 2 is 1.59 bits per heavy atom. The molecule has 2 heterocycles. The van der Waals surface area contributed by atoms with E-state index >= 15 is 0 Å². The highest BCUT2D eigenvalue weighted by Crippen LogP contribution is 2.43. The standard InChI is InChI=1S/C34H48N2O4Si/c1-9-38-31(19-20-39-41(23(2)3,24(4)5)25(6)7)27-14-18-34(36-22-27)40-32-16-15-29-28(11-10-12-30(29)32)26-13-17-33(37-8)35-21-26/h10-14,17-18,21-25,31-32H,9,15-16,19-20H2,1-8H3/t31-,32+/m0/s1. The van der Waals surface area contributed by atoms with Gasteiger partial charge in [0.05, 0.1) is 13.2 Å². The molecule has 0 unspecified atom stereocenters. The molecule has 0 radical (unpaired) electrons. The molecule has 6 nitrogen and oxygen atoms in total. The van der Waals surface area contributed by atoms with E-state index in [1.807, 2.05) is 31.5 Å². The Morgan fingerprint density at radius 1 is 0.878 bits per heavy atom. The topological polar surface area (TPSA) is 62.7 Å². The predicted molar refractivity (Wildman–Crippen MR) is 168 cm³/mol. The fraction of sp³-hybridized carbons (Fsp3) is 0.529. The summed E-state index contributed by atoms with van der Waals surface area (Å²) in [7, 11) is -0.274. The maximum atomic E-state index is 6.81. The number of hydrogen-bond acceptors (Lipinski definition) is 6. The number of hydrogen-bond donors (Lipinski definition) is 0. The fourth-order valence-corrected chi connectivity index (χ4v) is 12.3. The summed E-state index contributed by atoms with van der Waals surface area (Å²) in [5.41, 5.74) is 7.60. The second-order valence-corrected chi connectivity index (χ2v) is 17.4. The van der Waals surface area contributed by atoms with Gasteiger partial charge in [0, 0.05) is 43.3 Å². The Morgan fingerprint density at radius 3 is 2.17 bits per heavy atom. The lowest BCUT2D eigenvalue weighted by Crippen LogP contribution is -2.48. The van der Waals surface area contributed by atoms with Crippen molar-refractivity contribution >= 4 is 8.32 Å². The van der Waals surface area contributed by atoms with Crippen LogP contribution in [0.1, 0.15) is 90.2 Å². The van der Waals surface area contributed by atoms with Crippen molar-refractivity contribution in [2.24, 2.45) is 0 Å². The zero-order chi connectivity index (χ0) is 29.6. The molecule has 0 bridgehead atoms. The SMILES string of the molecule is CCO[C@@H](CCO[Si](C(C)C)(C(C)C)C(C)C)c1ccc(O[C@@H]2CCc3c(-c4ccc(OC)nc4)cccc32)nc1. The van der Waals surface area contributed by atoms with Crippen LogP contribution in [0.15, 0.2) is 54.9 Å². The molecule has 2 atom stereocenters. The summed E-state index contributed by atoms with van der Waals surface area (Å²) in [4.78, 5) is 9.10. The average Bonchev–Trinajstić information content (AvgIpc) is 3.37. The average molecular weight is 577 g/mol. The van der Waals surface area contributed by atoms with E-state index in [-0.39, 0.29) is 12.2 Å². The van der Waals surface area contributed by atoms with Gasteiger partial charge in [-0.05, 0) is 77.2 Å². The van der Waals surface area contributed by atoms with Crippen LogP contribution in [-0.2, 0) is 15.6 Å². The number of nitrogens with zero attached hydrogens (tertiary/aromatic N) is 2. The molecule has 1 aliphatic rings. The third-order valence-electron chi connectivity index (χ3n) is 8.67. The molecule has 2 aromatic heterocycles. The van der Waals surface area contributed by atoms with Crippen molar-refractivity contribution in [3.63, 3.8) is 0 Å². The highest BCUT2D eigenvalue weighted by molar-refractivity contribution is 6.77. The number of pyridine rings is 2. The molecule has 0 N–H and O–H groups in total. The normalized spacial score (nSPS) is 15.9. The van der Waals surface area contributed by atoms with Crippen molar-refractivity contribution < 1.29 is 18.6 Å². The van der Waals surface area contributed by atoms with E-state index in [9.17, 15) is 0 Å². The summed E-state index contributed by atoms with van der Waals surface area (Å²) in [6, 6.07) is 14.5. The third-order valence-corrected chi connectivity index (χ3v) is 14.8. The van der Waals surface area contributed by atoms with E-state index in [1.54, 1.807) is 7.11 Å². The second-order valence-electron chi connectivity index (χ2n) is 11.9. The Hall–Kier alpha value is -2.74. The minimum Gasteiger partial charge on any atom is -0.481 e. The summed E-state index contributed by atoms with van der Waals surface area (Å²) < 4.78 is 24.6. The molecule has 0 amide bonds. The highest BCUT2D eigenvalue weighted by Gasteiger charge is 2.45. The van der Waals surface area contributed by atoms with E-state index in [0.717, 1.165) is 30.4 Å². The second kappa shape index (κ2) is 13.9. The molecule has 222 valence electrons. The van der Waals surface area contributed by atoms with Crippen LogP contribution in [0.2, 0.25) is 16.6 Å². The van der Waals surface area contributed by atoms with Crippen molar-refractivity contribution in [1.29, 1.82) is 0 Å². The molecule has 0 saturated heterocycles. The van der Waals surface area contributed by atoms with Gasteiger partial charge in [0.2, 0.25) is 11.8 Å². The van der Waals surface area contributed by atoms with Crippen LogP contribution in [-0.4, -0.2) is 38.6 Å². The Balaban J connectivity index is 1.43. The van der Waals surface area contributed by atoms with Gasteiger partial charge in [-0.2, -0.15) is 0 Å². The number of methoxy groups -OCH3 is 1. The molecule has 3 aromatic rings. The zero-order valence-electron chi connectivity index (χ0n) is 26.1. The van der Waals surface area contributed by atoms with Gasteiger partial charge in [0.1, 0.15) is 6.10 Å². The maximum Gasteiger partial charge on any atom is 0.213 e. The lowest BCUT2D eigenvalue weighted by molar-refractivity contribution is 0.0436. The van der Waals surface area contributed by atoms with Gasteiger partial charge in [-0.15, -0.1) is 0 Å². The Kier molecular flexibility index (Phi) is 10.6. The third kappa shape index (κ3) is 6.84. The van der Waals surface area contributed by atoms with Crippen molar-refractivity contribution in [2.75, 3.05) is 20.3 Å². The van der Waals surface area contributed by atoms with Crippen LogP contribution in [0.25, 0.3) is 11.1 Å². The van der Waals surface area contributed by atoms with Crippen LogP contribution in [0.4, 0.5) is 0 Å². The van der Waals surface area contributed by atoms with Gasteiger partial charge in [-0.3, -0.25) is 0 Å². The monoisotopic (exact) mass is 576 g/mol. The van der Waals surface area contributed by atoms with Crippen molar-refractivity contribution in [3.8, 4) is 22.9 Å². The maximum absolute atomic E-state index is 6.81. The van der Waals surface area contributed by atoms with E-state index in [1.165, 1.54) is 16.7 Å². The molecule has 1 aliphatic carbocycles. The molecule has 0 spiro atoms. The van der Waals surface area contributed by atoms with Gasteiger partial charge in [-0.1, -0.05) is 59.7 Å². The van der Waals surface area contributed by atoms with Crippen LogP contribution < -0.4 is 9.47 Å². The molecule has 0 saturated carbocycles. The first-order valence-corrected chi connectivity index (χ1v) is 17.4. The summed E-state index contributed by atoms with van der Waals surface area (Å²) in [5.74, 6) is 1.26. The van der Waals surface area contributed by atoms with Gasteiger partial charge in [0.15, 0.2) is 8.32 Å². The largest absolute Gasteiger partial charge is 0.481 e. The van der Waals surface area contributed by atoms with E-state index in [2.05, 4.69) is 76.9 Å². The number of fused-ring (bicyclic) bond motifs is 1. The van der Waals surface area contributed by atoms with Crippen molar-refractivity contribution in [3.05, 3.63) is 71.5 Å². The first-order valence-electron chi connectivity index (χ1n) is 15.2. The molecule has 0 fully saturated rings. The van der Waals surface area contributed by atoms with Crippen molar-refractivity contribution in [1.82, 2.24) is 9.97 Å². The minimum atomic E-state index is -1.91. The van der Waals surface area contributed by atoms with Crippen LogP contribution in [0, 0.1) is 0 Å². The first kappa shape index (κ1) is 31.2. The molecular weight excluding hydrogens is 528 g/mol. The summed E-state index contributed by atoms with van der Waals surface area (Å²) >= 11 is 0. The van der Waals surface area contributed by atoms with E-state index < -0.39 is 8.32 Å². The highest BCUT2D eigenvalue weighted by atomic mass is 28.4.